The third-order valence-corrected chi connectivity index (χ3v) is 5.62. The van der Waals surface area contributed by atoms with Gasteiger partial charge in [0.1, 0.15) is 5.00 Å². The van der Waals surface area contributed by atoms with Crippen LogP contribution in [-0.2, 0) is 28.6 Å². The lowest BCUT2D eigenvalue weighted by Crippen LogP contribution is -2.18. The van der Waals surface area contributed by atoms with Gasteiger partial charge in [-0.05, 0) is 43.0 Å². The maximum absolute atomic E-state index is 12.9. The molecule has 1 heterocycles. The van der Waals surface area contributed by atoms with Gasteiger partial charge in [-0.3, -0.25) is 14.4 Å². The lowest BCUT2D eigenvalue weighted by Gasteiger charge is -2.11. The van der Waals surface area contributed by atoms with E-state index in [1.807, 2.05) is 0 Å². The minimum atomic E-state index is -4.53. The molecule has 0 unspecified atom stereocenters. The number of hydrogen-bond donors (Lipinski definition) is 3. The van der Waals surface area contributed by atoms with Crippen LogP contribution in [0, 0.1) is 0 Å². The summed E-state index contributed by atoms with van der Waals surface area (Å²) in [6, 6.07) is 4.30. The van der Waals surface area contributed by atoms with E-state index in [0.29, 0.717) is 6.42 Å². The number of halogens is 3. The number of hydrogen-bond acceptors (Lipinski definition) is 4. The van der Waals surface area contributed by atoms with Crippen LogP contribution in [0.3, 0.4) is 0 Å². The van der Waals surface area contributed by atoms with Crippen molar-refractivity contribution in [3.8, 4) is 0 Å². The Morgan fingerprint density at radius 1 is 1.10 bits per heavy atom. The van der Waals surface area contributed by atoms with Crippen molar-refractivity contribution < 1.29 is 32.7 Å². The van der Waals surface area contributed by atoms with Gasteiger partial charge in [0.25, 0.3) is 5.91 Å². The van der Waals surface area contributed by atoms with Crippen molar-refractivity contribution in [1.29, 1.82) is 0 Å². The molecule has 2 amide bonds. The van der Waals surface area contributed by atoms with Crippen molar-refractivity contribution in [3.63, 3.8) is 0 Å². The minimum absolute atomic E-state index is 0.00840. The summed E-state index contributed by atoms with van der Waals surface area (Å²) in [6.45, 7) is 0. The maximum Gasteiger partial charge on any atom is 0.416 e. The van der Waals surface area contributed by atoms with E-state index in [1.54, 1.807) is 0 Å². The number of nitrogens with one attached hydrogen (secondary N) is 2. The number of aryl methyl sites for hydroxylation is 1. The Kier molecular flexibility index (Phi) is 5.92. The number of anilines is 2. The van der Waals surface area contributed by atoms with Crippen LogP contribution in [0.4, 0.5) is 23.9 Å². The summed E-state index contributed by atoms with van der Waals surface area (Å²) in [4.78, 5) is 36.4. The van der Waals surface area contributed by atoms with Crippen LogP contribution in [-0.4, -0.2) is 22.9 Å². The molecule has 3 N–H and O–H groups in total. The second-order valence-electron chi connectivity index (χ2n) is 6.54. The van der Waals surface area contributed by atoms with Crippen molar-refractivity contribution in [1.82, 2.24) is 0 Å². The summed E-state index contributed by atoms with van der Waals surface area (Å²) >= 11 is 1.24. The zero-order valence-electron chi connectivity index (χ0n) is 15.1. The van der Waals surface area contributed by atoms with E-state index >= 15 is 0 Å². The number of carboxylic acid groups (broad SMARTS) is 1. The highest BCUT2D eigenvalue weighted by Crippen LogP contribution is 2.40. The van der Waals surface area contributed by atoms with E-state index in [-0.39, 0.29) is 29.1 Å². The SMILES string of the molecule is O=C(O)CCC(=O)Nc1sc2c(c1C(=O)Nc1cccc(C(F)(F)F)c1)CCC2. The molecule has 0 aliphatic heterocycles. The van der Waals surface area contributed by atoms with E-state index in [4.69, 9.17) is 5.11 Å². The van der Waals surface area contributed by atoms with Gasteiger partial charge in [-0.1, -0.05) is 6.07 Å². The number of amides is 2. The molecule has 0 radical (unpaired) electrons. The third-order valence-electron chi connectivity index (χ3n) is 4.42. The molecule has 154 valence electrons. The predicted octanol–water partition coefficient (Wildman–Crippen LogP) is 4.31. The van der Waals surface area contributed by atoms with Crippen LogP contribution in [0.5, 0.6) is 0 Å². The molecule has 1 aliphatic carbocycles. The number of carbonyl (C=O) groups excluding carboxylic acids is 2. The summed E-state index contributed by atoms with van der Waals surface area (Å²) in [5.74, 6) is -2.27. The molecule has 0 saturated carbocycles. The van der Waals surface area contributed by atoms with Gasteiger partial charge >= 0.3 is 12.1 Å². The summed E-state index contributed by atoms with van der Waals surface area (Å²) in [6.07, 6.45) is -2.90. The highest BCUT2D eigenvalue weighted by molar-refractivity contribution is 7.17. The van der Waals surface area contributed by atoms with Gasteiger partial charge < -0.3 is 15.7 Å². The average Bonchev–Trinajstić information content (AvgIpc) is 3.20. The van der Waals surface area contributed by atoms with Gasteiger partial charge in [0.15, 0.2) is 0 Å². The molecule has 29 heavy (non-hydrogen) atoms. The molecule has 3 rings (SSSR count). The summed E-state index contributed by atoms with van der Waals surface area (Å²) in [7, 11) is 0. The van der Waals surface area contributed by atoms with Crippen molar-refractivity contribution >= 4 is 39.8 Å². The fourth-order valence-corrected chi connectivity index (χ4v) is 4.41. The lowest BCUT2D eigenvalue weighted by atomic mass is 10.1. The van der Waals surface area contributed by atoms with Gasteiger partial charge in [0.05, 0.1) is 17.5 Å². The molecule has 0 atom stereocenters. The standard InChI is InChI=1S/C19H17F3N2O4S/c20-19(21,22)10-3-1-4-11(9-10)23-17(28)16-12-5-2-6-13(12)29-18(16)24-14(25)7-8-15(26)27/h1,3-4,9H,2,5-8H2,(H,23,28)(H,24,25)(H,26,27). The highest BCUT2D eigenvalue weighted by atomic mass is 32.1. The van der Waals surface area contributed by atoms with Crippen LogP contribution in [0.1, 0.15) is 45.6 Å². The largest absolute Gasteiger partial charge is 0.481 e. The van der Waals surface area contributed by atoms with Crippen LogP contribution < -0.4 is 10.6 Å². The number of carboxylic acids is 1. The van der Waals surface area contributed by atoms with Crippen molar-refractivity contribution in [2.75, 3.05) is 10.6 Å². The Morgan fingerprint density at radius 2 is 1.86 bits per heavy atom. The Hall–Kier alpha value is -2.88. The Labute approximate surface area is 167 Å². The zero-order valence-corrected chi connectivity index (χ0v) is 15.9. The number of alkyl halides is 3. The third kappa shape index (κ3) is 4.94. The molecule has 0 bridgehead atoms. The molecule has 1 aromatic carbocycles. The zero-order chi connectivity index (χ0) is 21.2. The topological polar surface area (TPSA) is 95.5 Å². The van der Waals surface area contributed by atoms with Gasteiger partial charge in [-0.15, -0.1) is 11.3 Å². The van der Waals surface area contributed by atoms with E-state index in [2.05, 4.69) is 10.6 Å². The molecule has 10 heteroatoms. The van der Waals surface area contributed by atoms with Gasteiger partial charge in [0, 0.05) is 17.0 Å². The number of carbonyl (C=O) groups is 3. The Bertz CT molecular complexity index is 969. The molecule has 2 aromatic rings. The van der Waals surface area contributed by atoms with Crippen molar-refractivity contribution in [3.05, 3.63) is 45.8 Å². The molecule has 0 spiro atoms. The summed E-state index contributed by atoms with van der Waals surface area (Å²) < 4.78 is 38.7. The highest BCUT2D eigenvalue weighted by Gasteiger charge is 2.31. The van der Waals surface area contributed by atoms with E-state index in [0.717, 1.165) is 35.4 Å². The van der Waals surface area contributed by atoms with Crippen LogP contribution in [0.25, 0.3) is 0 Å². The maximum atomic E-state index is 12.9. The van der Waals surface area contributed by atoms with Crippen molar-refractivity contribution in [2.24, 2.45) is 0 Å². The van der Waals surface area contributed by atoms with Gasteiger partial charge in [0.2, 0.25) is 5.91 Å². The van der Waals surface area contributed by atoms with Crippen molar-refractivity contribution in [2.45, 2.75) is 38.3 Å². The second kappa shape index (κ2) is 8.24. The van der Waals surface area contributed by atoms with E-state index < -0.39 is 29.5 Å². The van der Waals surface area contributed by atoms with Gasteiger partial charge in [-0.2, -0.15) is 13.2 Å². The first kappa shape index (κ1) is 20.8. The second-order valence-corrected chi connectivity index (χ2v) is 7.64. The monoisotopic (exact) mass is 426 g/mol. The summed E-state index contributed by atoms with van der Waals surface area (Å²) in [5, 5.41) is 14.0. The number of rotatable bonds is 6. The number of benzene rings is 1. The normalized spacial score (nSPS) is 13.1. The lowest BCUT2D eigenvalue weighted by molar-refractivity contribution is -0.138. The van der Waals surface area contributed by atoms with Crippen LogP contribution in [0.2, 0.25) is 0 Å². The van der Waals surface area contributed by atoms with Crippen LogP contribution >= 0.6 is 11.3 Å². The molecule has 0 fully saturated rings. The fraction of sp³-hybridized carbons (Fsp3) is 0.316. The quantitative estimate of drug-likeness (QED) is 0.641. The smallest absolute Gasteiger partial charge is 0.416 e. The molecule has 1 aromatic heterocycles. The molecular weight excluding hydrogens is 409 g/mol. The average molecular weight is 426 g/mol. The first-order valence-corrected chi connectivity index (χ1v) is 9.61. The molecule has 1 aliphatic rings. The Balaban J connectivity index is 1.83. The summed E-state index contributed by atoms with van der Waals surface area (Å²) in [5.41, 5.74) is 0.107. The van der Waals surface area contributed by atoms with Crippen LogP contribution in [0.15, 0.2) is 24.3 Å². The number of aliphatic carboxylic acids is 1. The Morgan fingerprint density at radius 3 is 2.55 bits per heavy atom. The number of fused-ring (bicyclic) bond motifs is 1. The molecular formula is C19H17F3N2O4S. The molecule has 0 saturated heterocycles. The van der Waals surface area contributed by atoms with E-state index in [1.165, 1.54) is 23.5 Å². The minimum Gasteiger partial charge on any atom is -0.481 e. The first-order chi connectivity index (χ1) is 13.6. The first-order valence-electron chi connectivity index (χ1n) is 8.80. The predicted molar refractivity (Wildman–Crippen MR) is 101 cm³/mol. The number of thiophene rings is 1. The molecule has 6 nitrogen and oxygen atoms in total. The fourth-order valence-electron chi connectivity index (χ4n) is 3.11. The van der Waals surface area contributed by atoms with Gasteiger partial charge in [-0.25, -0.2) is 0 Å². The van der Waals surface area contributed by atoms with E-state index in [9.17, 15) is 27.6 Å².